The van der Waals surface area contributed by atoms with Crippen LogP contribution in [0.1, 0.15) is 50.8 Å². The van der Waals surface area contributed by atoms with Crippen LogP contribution in [0.5, 0.6) is 0 Å². The highest BCUT2D eigenvalue weighted by Gasteiger charge is 2.19. The average Bonchev–Trinajstić information content (AvgIpc) is 3.01. The molecule has 0 saturated carbocycles. The first-order valence-electron chi connectivity index (χ1n) is 11.3. The van der Waals surface area contributed by atoms with E-state index in [9.17, 15) is 9.59 Å². The van der Waals surface area contributed by atoms with Gasteiger partial charge in [-0.25, -0.2) is 0 Å². The molecule has 0 radical (unpaired) electrons. The minimum absolute atomic E-state index is 0.170. The van der Waals surface area contributed by atoms with Crippen molar-refractivity contribution in [3.05, 3.63) is 101 Å². The van der Waals surface area contributed by atoms with E-state index in [1.807, 2.05) is 67.6 Å². The Bertz CT molecular complexity index is 1030. The topological polar surface area (TPSA) is 46.6 Å². The van der Waals surface area contributed by atoms with Gasteiger partial charge in [0.1, 0.15) is 0 Å². The van der Waals surface area contributed by atoms with Gasteiger partial charge in [-0.15, -0.1) is 0 Å². The molecule has 1 saturated heterocycles. The maximum atomic E-state index is 12.3. The van der Waals surface area contributed by atoms with Crippen LogP contribution in [0, 0.1) is 0 Å². The molecule has 1 aliphatic carbocycles. The second-order valence-electron chi connectivity index (χ2n) is 8.07. The minimum atomic E-state index is 0.170. The number of hydrogen-bond donors (Lipinski definition) is 0. The lowest BCUT2D eigenvalue weighted by Crippen LogP contribution is -2.36. The van der Waals surface area contributed by atoms with Crippen molar-refractivity contribution in [3.8, 4) is 0 Å². The Morgan fingerprint density at radius 1 is 0.812 bits per heavy atom. The van der Waals surface area contributed by atoms with Crippen LogP contribution < -0.4 is 4.90 Å². The summed E-state index contributed by atoms with van der Waals surface area (Å²) in [5.41, 5.74) is 6.06. The second-order valence-corrected chi connectivity index (χ2v) is 8.07. The number of benzene rings is 3. The number of ether oxygens (including phenoxy) is 1. The van der Waals surface area contributed by atoms with Crippen LogP contribution in [-0.2, 0) is 17.6 Å². The fraction of sp³-hybridized carbons (Fsp3) is 0.286. The maximum absolute atomic E-state index is 12.3. The van der Waals surface area contributed by atoms with Crippen molar-refractivity contribution in [1.29, 1.82) is 0 Å². The zero-order valence-corrected chi connectivity index (χ0v) is 18.5. The predicted molar refractivity (Wildman–Crippen MR) is 128 cm³/mol. The number of anilines is 1. The van der Waals surface area contributed by atoms with Crippen LogP contribution in [0.4, 0.5) is 5.69 Å². The normalized spacial score (nSPS) is 15.0. The van der Waals surface area contributed by atoms with E-state index in [-0.39, 0.29) is 11.6 Å². The Hall–Kier alpha value is -3.24. The third kappa shape index (κ3) is 4.97. The van der Waals surface area contributed by atoms with Gasteiger partial charge in [0.05, 0.1) is 13.2 Å². The number of hydrogen-bond acceptors (Lipinski definition) is 4. The molecule has 3 aromatic carbocycles. The largest absolute Gasteiger partial charge is 0.378 e. The lowest BCUT2D eigenvalue weighted by molar-refractivity contribution is 0.0986. The Kier molecular flexibility index (Phi) is 7.13. The van der Waals surface area contributed by atoms with Gasteiger partial charge in [-0.3, -0.25) is 9.59 Å². The van der Waals surface area contributed by atoms with Crippen molar-refractivity contribution < 1.29 is 14.3 Å². The number of carbonyl (C=O) groups is 2. The summed E-state index contributed by atoms with van der Waals surface area (Å²) in [6.07, 6.45) is 2.48. The first-order valence-corrected chi connectivity index (χ1v) is 11.3. The molecule has 164 valence electrons. The minimum Gasteiger partial charge on any atom is -0.378 e. The van der Waals surface area contributed by atoms with E-state index in [4.69, 9.17) is 4.74 Å². The van der Waals surface area contributed by atoms with Crippen molar-refractivity contribution in [2.75, 3.05) is 31.2 Å². The number of ketones is 2. The van der Waals surface area contributed by atoms with Gasteiger partial charge in [-0.05, 0) is 48.2 Å². The summed E-state index contributed by atoms with van der Waals surface area (Å²) in [6, 6.07) is 23.7. The molecule has 5 rings (SSSR count). The highest BCUT2D eigenvalue weighted by molar-refractivity contribution is 6.11. The van der Waals surface area contributed by atoms with E-state index in [1.54, 1.807) is 0 Å². The molecule has 4 nitrogen and oxygen atoms in total. The van der Waals surface area contributed by atoms with Gasteiger partial charge in [-0.2, -0.15) is 0 Å². The van der Waals surface area contributed by atoms with Gasteiger partial charge >= 0.3 is 0 Å². The third-order valence-electron chi connectivity index (χ3n) is 6.07. The predicted octanol–water partition coefficient (Wildman–Crippen LogP) is 5.13. The SMILES string of the molecule is CCC(=O)c1ccc(N2CCOCC2)cc1.O=C1c2ccccc2CCc2ccccc21. The van der Waals surface area contributed by atoms with Crippen molar-refractivity contribution in [2.24, 2.45) is 0 Å². The van der Waals surface area contributed by atoms with Gasteiger partial charge in [-0.1, -0.05) is 55.5 Å². The maximum Gasteiger partial charge on any atom is 0.193 e. The van der Waals surface area contributed by atoms with E-state index in [2.05, 4.69) is 17.0 Å². The number of rotatable bonds is 3. The van der Waals surface area contributed by atoms with Gasteiger partial charge in [0.25, 0.3) is 0 Å². The first-order chi connectivity index (χ1) is 15.7. The fourth-order valence-corrected chi connectivity index (χ4v) is 4.22. The Labute approximate surface area is 189 Å². The second kappa shape index (κ2) is 10.4. The lowest BCUT2D eigenvalue weighted by atomic mass is 9.99. The molecular weight excluding hydrogens is 398 g/mol. The van der Waals surface area contributed by atoms with Gasteiger partial charge < -0.3 is 9.64 Å². The van der Waals surface area contributed by atoms with Crippen LogP contribution >= 0.6 is 0 Å². The molecule has 3 aromatic rings. The number of Topliss-reactive ketones (excluding diaryl/α,β-unsaturated/α-hetero) is 1. The molecule has 0 bridgehead atoms. The zero-order valence-electron chi connectivity index (χ0n) is 18.5. The number of morpholine rings is 1. The number of fused-ring (bicyclic) bond motifs is 2. The summed E-state index contributed by atoms with van der Waals surface area (Å²) >= 11 is 0. The highest BCUT2D eigenvalue weighted by atomic mass is 16.5. The van der Waals surface area contributed by atoms with E-state index < -0.39 is 0 Å². The molecule has 2 aliphatic rings. The summed E-state index contributed by atoms with van der Waals surface area (Å²) in [5.74, 6) is 0.372. The molecule has 0 unspecified atom stereocenters. The van der Waals surface area contributed by atoms with Gasteiger partial charge in [0.15, 0.2) is 11.6 Å². The Morgan fingerprint density at radius 3 is 1.88 bits per heavy atom. The van der Waals surface area contributed by atoms with Crippen LogP contribution in [0.25, 0.3) is 0 Å². The number of aryl methyl sites for hydroxylation is 2. The average molecular weight is 428 g/mol. The molecule has 0 spiro atoms. The molecule has 1 heterocycles. The molecule has 32 heavy (non-hydrogen) atoms. The van der Waals surface area contributed by atoms with E-state index in [0.717, 1.165) is 55.8 Å². The summed E-state index contributed by atoms with van der Waals surface area (Å²) in [6.45, 7) is 5.33. The van der Waals surface area contributed by atoms with Gasteiger partial charge in [0.2, 0.25) is 0 Å². The third-order valence-corrected chi connectivity index (χ3v) is 6.07. The highest BCUT2D eigenvalue weighted by Crippen LogP contribution is 2.24. The van der Waals surface area contributed by atoms with Crippen molar-refractivity contribution in [2.45, 2.75) is 26.2 Å². The molecule has 1 aliphatic heterocycles. The van der Waals surface area contributed by atoms with Gasteiger partial charge in [0, 0.05) is 41.9 Å². The monoisotopic (exact) mass is 427 g/mol. The van der Waals surface area contributed by atoms with Crippen molar-refractivity contribution in [3.63, 3.8) is 0 Å². The Balaban J connectivity index is 0.000000153. The van der Waals surface area contributed by atoms with Crippen LogP contribution in [0.3, 0.4) is 0 Å². The number of carbonyl (C=O) groups excluding carboxylic acids is 2. The molecule has 0 atom stereocenters. The smallest absolute Gasteiger partial charge is 0.193 e. The van der Waals surface area contributed by atoms with Crippen molar-refractivity contribution in [1.82, 2.24) is 0 Å². The standard InChI is InChI=1S/C15H12O.C13H17NO2/c16-15-13-7-3-1-5-11(13)9-10-12-6-2-4-8-14(12)15;1-2-13(15)11-3-5-12(6-4-11)14-7-9-16-10-8-14/h1-8H,9-10H2;3-6H,2,7-10H2,1H3. The lowest BCUT2D eigenvalue weighted by Gasteiger charge is -2.28. The molecule has 0 amide bonds. The van der Waals surface area contributed by atoms with Crippen molar-refractivity contribution >= 4 is 17.3 Å². The van der Waals surface area contributed by atoms with Crippen LogP contribution in [-0.4, -0.2) is 37.9 Å². The molecule has 0 aromatic heterocycles. The summed E-state index contributed by atoms with van der Waals surface area (Å²) < 4.78 is 5.30. The summed E-state index contributed by atoms with van der Waals surface area (Å²) in [7, 11) is 0. The number of nitrogens with zero attached hydrogens (tertiary/aromatic N) is 1. The van der Waals surface area contributed by atoms with E-state index in [1.165, 1.54) is 16.8 Å². The zero-order chi connectivity index (χ0) is 22.3. The van der Waals surface area contributed by atoms with Crippen LogP contribution in [0.15, 0.2) is 72.8 Å². The summed E-state index contributed by atoms with van der Waals surface area (Å²) in [4.78, 5) is 26.1. The van der Waals surface area contributed by atoms with E-state index in [0.29, 0.717) is 6.42 Å². The fourth-order valence-electron chi connectivity index (χ4n) is 4.22. The molecule has 1 fully saturated rings. The molecule has 0 N–H and O–H groups in total. The molecular formula is C28H29NO3. The molecule has 4 heteroatoms. The van der Waals surface area contributed by atoms with E-state index >= 15 is 0 Å². The Morgan fingerprint density at radius 2 is 1.34 bits per heavy atom. The quantitative estimate of drug-likeness (QED) is 0.544. The summed E-state index contributed by atoms with van der Waals surface area (Å²) in [5, 5.41) is 0. The van der Waals surface area contributed by atoms with Crippen LogP contribution in [0.2, 0.25) is 0 Å². The first kappa shape index (κ1) is 22.0.